The van der Waals surface area contributed by atoms with E-state index >= 15 is 0 Å². The lowest BCUT2D eigenvalue weighted by Gasteiger charge is -2.15. The van der Waals surface area contributed by atoms with Crippen molar-refractivity contribution in [1.82, 2.24) is 5.32 Å². The van der Waals surface area contributed by atoms with E-state index in [1.54, 1.807) is 25.1 Å². The van der Waals surface area contributed by atoms with Crippen molar-refractivity contribution >= 4 is 34.9 Å². The van der Waals surface area contributed by atoms with Crippen LogP contribution in [0.25, 0.3) is 11.0 Å². The monoisotopic (exact) mass is 359 g/mol. The number of carbonyl (C=O) groups is 2. The predicted octanol–water partition coefficient (Wildman–Crippen LogP) is 0.208. The maximum atomic E-state index is 12.4. The smallest absolute Gasteiger partial charge is 0.336 e. The van der Waals surface area contributed by atoms with Gasteiger partial charge in [0.25, 0.3) is 0 Å². The van der Waals surface area contributed by atoms with Gasteiger partial charge in [0.2, 0.25) is 12.3 Å². The molecule has 9 nitrogen and oxygen atoms in total. The molecule has 1 aromatic carbocycles. The van der Waals surface area contributed by atoms with Crippen LogP contribution < -0.4 is 27.7 Å². The highest BCUT2D eigenvalue weighted by Crippen LogP contribution is 2.21. The second-order valence-corrected chi connectivity index (χ2v) is 5.73. The number of rotatable bonds is 8. The summed E-state index contributed by atoms with van der Waals surface area (Å²) < 4.78 is 5.16. The van der Waals surface area contributed by atoms with Gasteiger partial charge in [-0.25, -0.2) is 4.79 Å². The Morgan fingerprint density at radius 2 is 2.12 bits per heavy atom. The maximum Gasteiger partial charge on any atom is 0.336 e. The molecule has 0 aliphatic carbocycles. The third-order valence-electron chi connectivity index (χ3n) is 3.75. The van der Waals surface area contributed by atoms with Crippen LogP contribution in [0.5, 0.6) is 0 Å². The lowest BCUT2D eigenvalue weighted by atomic mass is 10.1. The van der Waals surface area contributed by atoms with Crippen LogP contribution in [0, 0.1) is 6.92 Å². The molecule has 26 heavy (non-hydrogen) atoms. The van der Waals surface area contributed by atoms with E-state index in [0.717, 1.165) is 10.9 Å². The molecule has 0 saturated carbocycles. The number of benzene rings is 1. The third kappa shape index (κ3) is 5.07. The molecule has 9 heteroatoms. The van der Waals surface area contributed by atoms with Crippen LogP contribution in [0.4, 0.5) is 5.69 Å². The molecule has 0 fully saturated rings. The number of carbonyl (C=O) groups excluding carboxylic acids is 2. The minimum atomic E-state index is -0.734. The SMILES string of the molecule is Cc1cc(=O)oc2cc(NC(=O)C(CCCN=C(N)N)NC=O)ccc12. The molecule has 1 atom stereocenters. The quantitative estimate of drug-likeness (QED) is 0.174. The van der Waals surface area contributed by atoms with Crippen molar-refractivity contribution in [2.45, 2.75) is 25.8 Å². The molecule has 1 unspecified atom stereocenters. The van der Waals surface area contributed by atoms with E-state index in [1.807, 2.05) is 0 Å². The highest BCUT2D eigenvalue weighted by Gasteiger charge is 2.17. The van der Waals surface area contributed by atoms with Crippen LogP contribution >= 0.6 is 0 Å². The summed E-state index contributed by atoms with van der Waals surface area (Å²) in [5, 5.41) is 5.95. The second kappa shape index (κ2) is 8.65. The zero-order valence-corrected chi connectivity index (χ0v) is 14.3. The highest BCUT2D eigenvalue weighted by atomic mass is 16.4. The van der Waals surface area contributed by atoms with Gasteiger partial charge in [0, 0.05) is 29.8 Å². The van der Waals surface area contributed by atoms with Crippen molar-refractivity contribution in [3.8, 4) is 0 Å². The fourth-order valence-corrected chi connectivity index (χ4v) is 2.51. The molecule has 1 aromatic heterocycles. The van der Waals surface area contributed by atoms with E-state index in [4.69, 9.17) is 15.9 Å². The number of amides is 2. The minimum Gasteiger partial charge on any atom is -0.423 e. The maximum absolute atomic E-state index is 12.4. The lowest BCUT2D eigenvalue weighted by Crippen LogP contribution is -2.40. The van der Waals surface area contributed by atoms with Crippen molar-refractivity contribution in [2.24, 2.45) is 16.5 Å². The Bertz CT molecular complexity index is 886. The molecule has 0 saturated heterocycles. The summed E-state index contributed by atoms with van der Waals surface area (Å²) in [5.41, 5.74) is 11.6. The lowest BCUT2D eigenvalue weighted by molar-refractivity contribution is -0.121. The molecule has 0 aliphatic heterocycles. The van der Waals surface area contributed by atoms with Crippen molar-refractivity contribution in [1.29, 1.82) is 0 Å². The number of nitrogens with two attached hydrogens (primary N) is 2. The van der Waals surface area contributed by atoms with Crippen molar-refractivity contribution in [3.63, 3.8) is 0 Å². The summed E-state index contributed by atoms with van der Waals surface area (Å²) in [6, 6.07) is 5.69. The molecular weight excluding hydrogens is 338 g/mol. The van der Waals surface area contributed by atoms with Gasteiger partial charge in [0.15, 0.2) is 5.96 Å². The van der Waals surface area contributed by atoms with Gasteiger partial charge in [-0.3, -0.25) is 14.6 Å². The van der Waals surface area contributed by atoms with Gasteiger partial charge in [-0.2, -0.15) is 0 Å². The van der Waals surface area contributed by atoms with Crippen LogP contribution in [0.1, 0.15) is 18.4 Å². The van der Waals surface area contributed by atoms with E-state index in [1.165, 1.54) is 6.07 Å². The van der Waals surface area contributed by atoms with Crippen LogP contribution in [-0.4, -0.2) is 30.9 Å². The zero-order valence-electron chi connectivity index (χ0n) is 14.3. The Morgan fingerprint density at radius 1 is 1.35 bits per heavy atom. The van der Waals surface area contributed by atoms with Crippen LogP contribution in [0.3, 0.4) is 0 Å². The van der Waals surface area contributed by atoms with E-state index in [2.05, 4.69) is 15.6 Å². The van der Waals surface area contributed by atoms with Crippen LogP contribution in [-0.2, 0) is 9.59 Å². The molecule has 0 radical (unpaired) electrons. The molecule has 2 aromatic rings. The first-order valence-corrected chi connectivity index (χ1v) is 8.01. The first kappa shape index (κ1) is 19.0. The molecule has 138 valence electrons. The molecule has 2 rings (SSSR count). The van der Waals surface area contributed by atoms with E-state index in [9.17, 15) is 14.4 Å². The predicted molar refractivity (Wildman–Crippen MR) is 98.7 cm³/mol. The van der Waals surface area contributed by atoms with Crippen LogP contribution in [0.2, 0.25) is 0 Å². The largest absolute Gasteiger partial charge is 0.423 e. The molecule has 0 aliphatic rings. The number of anilines is 1. The average Bonchev–Trinajstić information content (AvgIpc) is 2.56. The van der Waals surface area contributed by atoms with Crippen molar-refractivity contribution < 1.29 is 14.0 Å². The second-order valence-electron chi connectivity index (χ2n) is 5.73. The Balaban J connectivity index is 2.10. The Labute approximate surface area is 149 Å². The van der Waals surface area contributed by atoms with Crippen LogP contribution in [0.15, 0.2) is 38.5 Å². The summed E-state index contributed by atoms with van der Waals surface area (Å²) in [6.07, 6.45) is 1.35. The Hall–Kier alpha value is -3.36. The van der Waals surface area contributed by atoms with Gasteiger partial charge in [-0.1, -0.05) is 0 Å². The summed E-state index contributed by atoms with van der Waals surface area (Å²) >= 11 is 0. The molecule has 0 spiro atoms. The van der Waals surface area contributed by atoms with Gasteiger partial charge in [0.1, 0.15) is 11.6 Å². The van der Waals surface area contributed by atoms with Gasteiger partial charge in [0.05, 0.1) is 0 Å². The summed E-state index contributed by atoms with van der Waals surface area (Å²) in [6.45, 7) is 2.16. The van der Waals surface area contributed by atoms with Gasteiger partial charge < -0.3 is 26.5 Å². The van der Waals surface area contributed by atoms with E-state index in [0.29, 0.717) is 37.1 Å². The number of aryl methyl sites for hydroxylation is 1. The number of guanidine groups is 1. The highest BCUT2D eigenvalue weighted by molar-refractivity contribution is 5.97. The number of fused-ring (bicyclic) bond motifs is 1. The van der Waals surface area contributed by atoms with Gasteiger partial charge >= 0.3 is 5.63 Å². The summed E-state index contributed by atoms with van der Waals surface area (Å²) in [4.78, 5) is 38.5. The Kier molecular flexibility index (Phi) is 6.31. The first-order valence-electron chi connectivity index (χ1n) is 8.01. The fourth-order valence-electron chi connectivity index (χ4n) is 2.51. The molecule has 0 bridgehead atoms. The average molecular weight is 359 g/mol. The molecule has 6 N–H and O–H groups in total. The molecular formula is C17H21N5O4. The number of nitrogens with one attached hydrogen (secondary N) is 2. The molecule has 1 heterocycles. The first-order chi connectivity index (χ1) is 12.4. The number of hydrogen-bond donors (Lipinski definition) is 4. The van der Waals surface area contributed by atoms with Gasteiger partial charge in [-0.05, 0) is 37.5 Å². The minimum absolute atomic E-state index is 0.0257. The van der Waals surface area contributed by atoms with Crippen molar-refractivity contribution in [2.75, 3.05) is 11.9 Å². The number of nitrogens with zero attached hydrogens (tertiary/aromatic N) is 1. The van der Waals surface area contributed by atoms with E-state index < -0.39 is 17.6 Å². The number of hydrogen-bond acceptors (Lipinski definition) is 5. The number of aliphatic imine (C=N–C) groups is 1. The zero-order chi connectivity index (χ0) is 19.1. The van der Waals surface area contributed by atoms with E-state index in [-0.39, 0.29) is 5.96 Å². The Morgan fingerprint density at radius 3 is 2.81 bits per heavy atom. The summed E-state index contributed by atoms with van der Waals surface area (Å²) in [7, 11) is 0. The topological polar surface area (TPSA) is 153 Å². The molecule has 2 amide bonds. The standard InChI is InChI=1S/C17H21N5O4/c1-10-7-15(24)26-14-8-11(4-5-12(10)14)22-16(25)13(21-9-23)3-2-6-20-17(18)19/h4-5,7-9,13H,2-3,6H2,1H3,(H,21,23)(H,22,25)(H4,18,19,20). The summed E-state index contributed by atoms with van der Waals surface area (Å²) in [5.74, 6) is -0.418. The third-order valence-corrected chi connectivity index (χ3v) is 3.75. The fraction of sp³-hybridized carbons (Fsp3) is 0.294. The van der Waals surface area contributed by atoms with Gasteiger partial charge in [-0.15, -0.1) is 0 Å². The normalized spacial score (nSPS) is 11.6. The van der Waals surface area contributed by atoms with Crippen molar-refractivity contribution in [3.05, 3.63) is 40.2 Å².